The summed E-state index contributed by atoms with van der Waals surface area (Å²) in [4.78, 5) is 16.3. The number of anilines is 1. The van der Waals surface area contributed by atoms with E-state index in [4.69, 9.17) is 4.52 Å². The van der Waals surface area contributed by atoms with Crippen molar-refractivity contribution in [2.24, 2.45) is 0 Å². The first-order valence-corrected chi connectivity index (χ1v) is 8.12. The summed E-state index contributed by atoms with van der Waals surface area (Å²) in [5.74, 6) is 2.02. The van der Waals surface area contributed by atoms with Crippen LogP contribution in [0.4, 0.5) is 10.6 Å². The summed E-state index contributed by atoms with van der Waals surface area (Å²) in [5, 5.41) is 9.50. The quantitative estimate of drug-likeness (QED) is 0.884. The van der Waals surface area contributed by atoms with Gasteiger partial charge in [0.05, 0.1) is 5.69 Å². The number of carbonyl (C=O) groups is 1. The molecule has 0 aliphatic heterocycles. The number of hydrogen-bond donors (Lipinski definition) is 2. The highest BCUT2D eigenvalue weighted by molar-refractivity contribution is 5.88. The maximum Gasteiger partial charge on any atom is 0.320 e. The lowest BCUT2D eigenvalue weighted by Crippen LogP contribution is -2.29. The summed E-state index contributed by atoms with van der Waals surface area (Å²) >= 11 is 0. The summed E-state index contributed by atoms with van der Waals surface area (Å²) < 4.78 is 5.21. The van der Waals surface area contributed by atoms with Gasteiger partial charge in [-0.1, -0.05) is 24.6 Å². The van der Waals surface area contributed by atoms with Crippen LogP contribution in [0.2, 0.25) is 0 Å². The molecule has 0 spiro atoms. The third-order valence-corrected chi connectivity index (χ3v) is 4.42. The highest BCUT2D eigenvalue weighted by Gasteiger charge is 2.19. The lowest BCUT2D eigenvalue weighted by atomic mass is 9.81. The van der Waals surface area contributed by atoms with Crippen LogP contribution in [-0.4, -0.2) is 16.2 Å². The molecule has 0 saturated heterocycles. The first-order chi connectivity index (χ1) is 11.2. The summed E-state index contributed by atoms with van der Waals surface area (Å²) in [6.45, 7) is 4.26. The van der Waals surface area contributed by atoms with Gasteiger partial charge in [-0.05, 0) is 37.3 Å². The van der Waals surface area contributed by atoms with Crippen molar-refractivity contribution >= 4 is 11.8 Å². The monoisotopic (exact) mass is 314 g/mol. The molecular formula is C17H22N4O2. The van der Waals surface area contributed by atoms with Crippen molar-refractivity contribution in [3.63, 3.8) is 0 Å². The number of aryl methyl sites for hydroxylation is 2. The number of urea groups is 1. The van der Waals surface area contributed by atoms with Gasteiger partial charge in [-0.3, -0.25) is 5.32 Å². The molecule has 122 valence electrons. The number of nitrogens with zero attached hydrogens (tertiary/aromatic N) is 2. The van der Waals surface area contributed by atoms with Gasteiger partial charge in [-0.15, -0.1) is 0 Å². The third-order valence-electron chi connectivity index (χ3n) is 4.42. The summed E-state index contributed by atoms with van der Waals surface area (Å²) in [7, 11) is 0. The van der Waals surface area contributed by atoms with Gasteiger partial charge in [0.15, 0.2) is 0 Å². The highest BCUT2D eigenvalue weighted by Crippen LogP contribution is 2.35. The Hall–Kier alpha value is -2.37. The van der Waals surface area contributed by atoms with E-state index in [9.17, 15) is 4.79 Å². The number of rotatable bonds is 5. The zero-order valence-corrected chi connectivity index (χ0v) is 13.6. The van der Waals surface area contributed by atoms with E-state index in [1.807, 2.05) is 32.2 Å². The first kappa shape index (κ1) is 15.5. The molecular weight excluding hydrogens is 292 g/mol. The molecule has 0 radical (unpaired) electrons. The Bertz CT molecular complexity index is 674. The molecule has 23 heavy (non-hydrogen) atoms. The van der Waals surface area contributed by atoms with Crippen LogP contribution in [0.1, 0.15) is 54.7 Å². The molecule has 0 aromatic carbocycles. The van der Waals surface area contributed by atoms with Crippen molar-refractivity contribution in [2.75, 3.05) is 5.32 Å². The summed E-state index contributed by atoms with van der Waals surface area (Å²) in [6.07, 6.45) is 6.40. The van der Waals surface area contributed by atoms with E-state index in [2.05, 4.69) is 20.8 Å². The van der Waals surface area contributed by atoms with Crippen LogP contribution in [0, 0.1) is 6.92 Å². The van der Waals surface area contributed by atoms with E-state index in [-0.39, 0.29) is 6.03 Å². The fraction of sp³-hybridized carbons (Fsp3) is 0.471. The third kappa shape index (κ3) is 3.52. The fourth-order valence-corrected chi connectivity index (χ4v) is 2.73. The minimum absolute atomic E-state index is 0.281. The molecule has 0 bridgehead atoms. The molecule has 1 aliphatic rings. The predicted molar refractivity (Wildman–Crippen MR) is 87.3 cm³/mol. The average molecular weight is 314 g/mol. The van der Waals surface area contributed by atoms with E-state index in [1.165, 1.54) is 24.8 Å². The Labute approximate surface area is 135 Å². The van der Waals surface area contributed by atoms with E-state index < -0.39 is 0 Å². The van der Waals surface area contributed by atoms with Gasteiger partial charge < -0.3 is 9.84 Å². The van der Waals surface area contributed by atoms with Gasteiger partial charge in [-0.2, -0.15) is 0 Å². The van der Waals surface area contributed by atoms with Crippen molar-refractivity contribution in [1.82, 2.24) is 15.5 Å². The molecule has 2 heterocycles. The summed E-state index contributed by atoms with van der Waals surface area (Å²) in [5.41, 5.74) is 3.01. The second-order valence-electron chi connectivity index (χ2n) is 5.94. The van der Waals surface area contributed by atoms with Crippen molar-refractivity contribution < 1.29 is 9.32 Å². The molecule has 1 aliphatic carbocycles. The predicted octanol–water partition coefficient (Wildman–Crippen LogP) is 3.53. The Morgan fingerprint density at radius 1 is 1.39 bits per heavy atom. The average Bonchev–Trinajstić information content (AvgIpc) is 2.85. The number of pyridine rings is 1. The molecule has 2 N–H and O–H groups in total. The first-order valence-electron chi connectivity index (χ1n) is 8.12. The molecule has 1 fully saturated rings. The molecule has 6 nitrogen and oxygen atoms in total. The SMILES string of the molecule is CCc1onc(C)c1CNC(=O)Nc1ccc(C2CCC2)cn1. The van der Waals surface area contributed by atoms with Crippen molar-refractivity contribution in [1.29, 1.82) is 0 Å². The van der Waals surface area contributed by atoms with Crippen LogP contribution in [0.15, 0.2) is 22.9 Å². The number of aromatic nitrogens is 2. The standard InChI is InChI=1S/C17H22N4O2/c1-3-15-14(11(2)21-23-15)10-19-17(22)20-16-8-7-13(9-18-16)12-5-4-6-12/h7-9,12H,3-6,10H2,1-2H3,(H2,18,19,20,22). The van der Waals surface area contributed by atoms with Crippen molar-refractivity contribution in [2.45, 2.75) is 52.0 Å². The van der Waals surface area contributed by atoms with Crippen molar-refractivity contribution in [3.05, 3.63) is 40.9 Å². The zero-order chi connectivity index (χ0) is 16.2. The molecule has 6 heteroatoms. The molecule has 3 rings (SSSR count). The molecule has 2 aromatic rings. The topological polar surface area (TPSA) is 80.0 Å². The van der Waals surface area contributed by atoms with Gasteiger partial charge in [0.2, 0.25) is 0 Å². The number of carbonyl (C=O) groups excluding carboxylic acids is 1. The second kappa shape index (κ2) is 6.81. The molecule has 2 aromatic heterocycles. The van der Waals surface area contributed by atoms with E-state index >= 15 is 0 Å². The maximum atomic E-state index is 12.0. The van der Waals surface area contributed by atoms with Crippen LogP contribution in [0.5, 0.6) is 0 Å². The number of nitrogens with one attached hydrogen (secondary N) is 2. The number of amides is 2. The van der Waals surface area contributed by atoms with Crippen LogP contribution < -0.4 is 10.6 Å². The molecule has 0 atom stereocenters. The fourth-order valence-electron chi connectivity index (χ4n) is 2.73. The minimum Gasteiger partial charge on any atom is -0.361 e. The largest absolute Gasteiger partial charge is 0.361 e. The van der Waals surface area contributed by atoms with Gasteiger partial charge in [0, 0.05) is 24.7 Å². The highest BCUT2D eigenvalue weighted by atomic mass is 16.5. The van der Waals surface area contributed by atoms with Gasteiger partial charge in [-0.25, -0.2) is 9.78 Å². The zero-order valence-electron chi connectivity index (χ0n) is 13.6. The lowest BCUT2D eigenvalue weighted by Gasteiger charge is -2.25. The van der Waals surface area contributed by atoms with E-state index in [1.54, 1.807) is 0 Å². The summed E-state index contributed by atoms with van der Waals surface area (Å²) in [6, 6.07) is 3.62. The lowest BCUT2D eigenvalue weighted by molar-refractivity contribution is 0.251. The van der Waals surface area contributed by atoms with Crippen LogP contribution in [0.3, 0.4) is 0 Å². The van der Waals surface area contributed by atoms with Crippen LogP contribution in [-0.2, 0) is 13.0 Å². The van der Waals surface area contributed by atoms with Crippen LogP contribution >= 0.6 is 0 Å². The van der Waals surface area contributed by atoms with E-state index in [0.717, 1.165) is 23.4 Å². The van der Waals surface area contributed by atoms with Gasteiger partial charge in [0.1, 0.15) is 11.6 Å². The Kier molecular flexibility index (Phi) is 4.60. The normalized spacial score (nSPS) is 14.3. The van der Waals surface area contributed by atoms with Crippen molar-refractivity contribution in [3.8, 4) is 0 Å². The minimum atomic E-state index is -0.281. The molecule has 0 unspecified atom stereocenters. The van der Waals surface area contributed by atoms with Gasteiger partial charge >= 0.3 is 6.03 Å². The Balaban J connectivity index is 1.53. The van der Waals surface area contributed by atoms with Crippen LogP contribution in [0.25, 0.3) is 0 Å². The number of hydrogen-bond acceptors (Lipinski definition) is 4. The second-order valence-corrected chi connectivity index (χ2v) is 5.94. The molecule has 2 amide bonds. The van der Waals surface area contributed by atoms with E-state index in [0.29, 0.717) is 18.3 Å². The Morgan fingerprint density at radius 3 is 2.83 bits per heavy atom. The molecule has 1 saturated carbocycles. The Morgan fingerprint density at radius 2 is 2.22 bits per heavy atom. The smallest absolute Gasteiger partial charge is 0.320 e. The van der Waals surface area contributed by atoms with Gasteiger partial charge in [0.25, 0.3) is 0 Å². The maximum absolute atomic E-state index is 12.0.